The number of benzene rings is 1. The lowest BCUT2D eigenvalue weighted by Gasteiger charge is -2.10. The SMILES string of the molecule is CCCNc1cc(COc2cc(F)ccc2C)ccn1. The van der Waals surface area contributed by atoms with Crippen LogP contribution in [0.1, 0.15) is 24.5 Å². The predicted molar refractivity (Wildman–Crippen MR) is 78.5 cm³/mol. The molecule has 0 atom stereocenters. The van der Waals surface area contributed by atoms with E-state index in [0.29, 0.717) is 12.4 Å². The number of pyridine rings is 1. The molecular formula is C16H19FN2O. The van der Waals surface area contributed by atoms with Crippen molar-refractivity contribution in [1.82, 2.24) is 4.98 Å². The first kappa shape index (κ1) is 14.3. The Bertz CT molecular complexity index is 572. The molecule has 3 nitrogen and oxygen atoms in total. The van der Waals surface area contributed by atoms with E-state index < -0.39 is 0 Å². The zero-order chi connectivity index (χ0) is 14.4. The van der Waals surface area contributed by atoms with Crippen molar-refractivity contribution < 1.29 is 9.13 Å². The summed E-state index contributed by atoms with van der Waals surface area (Å²) in [5, 5.41) is 3.23. The Labute approximate surface area is 118 Å². The van der Waals surface area contributed by atoms with Crippen molar-refractivity contribution in [2.45, 2.75) is 26.9 Å². The molecule has 4 heteroatoms. The summed E-state index contributed by atoms with van der Waals surface area (Å²) < 4.78 is 18.8. The minimum atomic E-state index is -0.286. The molecule has 0 saturated heterocycles. The van der Waals surface area contributed by atoms with Crippen molar-refractivity contribution in [3.8, 4) is 5.75 Å². The molecule has 0 aliphatic rings. The maximum atomic E-state index is 13.2. The number of nitrogens with one attached hydrogen (secondary N) is 1. The molecule has 2 rings (SSSR count). The lowest BCUT2D eigenvalue weighted by Crippen LogP contribution is -2.03. The Morgan fingerprint density at radius 3 is 2.90 bits per heavy atom. The Balaban J connectivity index is 2.01. The second-order valence-electron chi connectivity index (χ2n) is 4.67. The van der Waals surface area contributed by atoms with Gasteiger partial charge in [0.25, 0.3) is 0 Å². The highest BCUT2D eigenvalue weighted by atomic mass is 19.1. The standard InChI is InChI=1S/C16H19FN2O/c1-3-7-18-16-9-13(6-8-19-16)11-20-15-10-14(17)5-4-12(15)2/h4-6,8-10H,3,7,11H2,1-2H3,(H,18,19). The molecule has 1 aromatic carbocycles. The fraction of sp³-hybridized carbons (Fsp3) is 0.312. The Kier molecular flexibility index (Phi) is 4.93. The van der Waals surface area contributed by atoms with Gasteiger partial charge in [0.1, 0.15) is 24.0 Å². The molecule has 0 spiro atoms. The lowest BCUT2D eigenvalue weighted by molar-refractivity contribution is 0.302. The van der Waals surface area contributed by atoms with E-state index in [1.54, 1.807) is 12.3 Å². The van der Waals surface area contributed by atoms with Gasteiger partial charge in [0, 0.05) is 18.8 Å². The van der Waals surface area contributed by atoms with E-state index in [0.717, 1.165) is 29.9 Å². The smallest absolute Gasteiger partial charge is 0.126 e. The lowest BCUT2D eigenvalue weighted by atomic mass is 10.2. The molecule has 1 heterocycles. The summed E-state index contributed by atoms with van der Waals surface area (Å²) in [7, 11) is 0. The van der Waals surface area contributed by atoms with Crippen LogP contribution in [0.15, 0.2) is 36.5 Å². The van der Waals surface area contributed by atoms with Gasteiger partial charge in [-0.3, -0.25) is 0 Å². The Morgan fingerprint density at radius 2 is 2.10 bits per heavy atom. The third kappa shape index (κ3) is 3.95. The quantitative estimate of drug-likeness (QED) is 0.866. The molecule has 1 N–H and O–H groups in total. The number of hydrogen-bond acceptors (Lipinski definition) is 3. The summed E-state index contributed by atoms with van der Waals surface area (Å²) in [6, 6.07) is 8.40. The van der Waals surface area contributed by atoms with Crippen LogP contribution in [0.25, 0.3) is 0 Å². The van der Waals surface area contributed by atoms with Gasteiger partial charge in [0.2, 0.25) is 0 Å². The van der Waals surface area contributed by atoms with Crippen LogP contribution in [0.5, 0.6) is 5.75 Å². The Morgan fingerprint density at radius 1 is 1.25 bits per heavy atom. The molecule has 0 aliphatic heterocycles. The van der Waals surface area contributed by atoms with E-state index in [2.05, 4.69) is 17.2 Å². The highest BCUT2D eigenvalue weighted by molar-refractivity contribution is 5.38. The summed E-state index contributed by atoms with van der Waals surface area (Å²) in [5.74, 6) is 1.12. The number of anilines is 1. The van der Waals surface area contributed by atoms with Gasteiger partial charge in [-0.15, -0.1) is 0 Å². The van der Waals surface area contributed by atoms with Gasteiger partial charge >= 0.3 is 0 Å². The molecule has 0 fully saturated rings. The monoisotopic (exact) mass is 274 g/mol. The van der Waals surface area contributed by atoms with E-state index in [4.69, 9.17) is 4.74 Å². The van der Waals surface area contributed by atoms with Crippen LogP contribution in [-0.2, 0) is 6.61 Å². The van der Waals surface area contributed by atoms with E-state index in [1.807, 2.05) is 19.1 Å². The normalized spacial score (nSPS) is 10.3. The summed E-state index contributed by atoms with van der Waals surface area (Å²) in [4.78, 5) is 4.24. The van der Waals surface area contributed by atoms with Gasteiger partial charge in [-0.1, -0.05) is 13.0 Å². The van der Waals surface area contributed by atoms with Crippen LogP contribution in [0, 0.1) is 12.7 Å². The van der Waals surface area contributed by atoms with Gasteiger partial charge in [-0.05, 0) is 42.7 Å². The number of hydrogen-bond donors (Lipinski definition) is 1. The number of aromatic nitrogens is 1. The molecule has 0 saturated carbocycles. The van der Waals surface area contributed by atoms with Crippen molar-refractivity contribution in [3.05, 3.63) is 53.5 Å². The van der Waals surface area contributed by atoms with Crippen LogP contribution >= 0.6 is 0 Å². The third-order valence-corrected chi connectivity index (χ3v) is 2.92. The number of ether oxygens (including phenoxy) is 1. The van der Waals surface area contributed by atoms with E-state index in [9.17, 15) is 4.39 Å². The molecule has 1 aromatic heterocycles. The predicted octanol–water partition coefficient (Wildman–Crippen LogP) is 3.93. The fourth-order valence-electron chi connectivity index (χ4n) is 1.80. The molecule has 0 bridgehead atoms. The first-order chi connectivity index (χ1) is 9.69. The number of aryl methyl sites for hydroxylation is 1. The van der Waals surface area contributed by atoms with E-state index >= 15 is 0 Å². The largest absolute Gasteiger partial charge is 0.489 e. The van der Waals surface area contributed by atoms with Crippen LogP contribution in [-0.4, -0.2) is 11.5 Å². The molecule has 0 radical (unpaired) electrons. The number of nitrogens with zero attached hydrogens (tertiary/aromatic N) is 1. The minimum Gasteiger partial charge on any atom is -0.489 e. The highest BCUT2D eigenvalue weighted by Gasteiger charge is 2.03. The molecule has 0 aliphatic carbocycles. The van der Waals surface area contributed by atoms with Crippen molar-refractivity contribution >= 4 is 5.82 Å². The van der Waals surface area contributed by atoms with Gasteiger partial charge in [-0.2, -0.15) is 0 Å². The van der Waals surface area contributed by atoms with E-state index in [1.165, 1.54) is 12.1 Å². The summed E-state index contributed by atoms with van der Waals surface area (Å²) >= 11 is 0. The van der Waals surface area contributed by atoms with Crippen molar-refractivity contribution in [2.75, 3.05) is 11.9 Å². The molecular weight excluding hydrogens is 255 g/mol. The zero-order valence-corrected chi connectivity index (χ0v) is 11.8. The third-order valence-electron chi connectivity index (χ3n) is 2.92. The molecule has 2 aromatic rings. The fourth-order valence-corrected chi connectivity index (χ4v) is 1.80. The van der Waals surface area contributed by atoms with Crippen molar-refractivity contribution in [1.29, 1.82) is 0 Å². The van der Waals surface area contributed by atoms with E-state index in [-0.39, 0.29) is 5.82 Å². The van der Waals surface area contributed by atoms with Gasteiger partial charge in [0.05, 0.1) is 0 Å². The van der Waals surface area contributed by atoms with Crippen LogP contribution in [0.2, 0.25) is 0 Å². The maximum absolute atomic E-state index is 13.2. The van der Waals surface area contributed by atoms with Crippen LogP contribution < -0.4 is 10.1 Å². The first-order valence-electron chi connectivity index (χ1n) is 6.77. The number of rotatable bonds is 6. The van der Waals surface area contributed by atoms with Gasteiger partial charge in [0.15, 0.2) is 0 Å². The van der Waals surface area contributed by atoms with Crippen LogP contribution in [0.3, 0.4) is 0 Å². The van der Waals surface area contributed by atoms with Crippen molar-refractivity contribution in [2.24, 2.45) is 0 Å². The molecule has 0 unspecified atom stereocenters. The topological polar surface area (TPSA) is 34.1 Å². The summed E-state index contributed by atoms with van der Waals surface area (Å²) in [6.07, 6.45) is 2.79. The summed E-state index contributed by atoms with van der Waals surface area (Å²) in [6.45, 7) is 5.29. The van der Waals surface area contributed by atoms with Gasteiger partial charge < -0.3 is 10.1 Å². The van der Waals surface area contributed by atoms with Crippen molar-refractivity contribution in [3.63, 3.8) is 0 Å². The molecule has 106 valence electrons. The Hall–Kier alpha value is -2.10. The highest BCUT2D eigenvalue weighted by Crippen LogP contribution is 2.20. The zero-order valence-electron chi connectivity index (χ0n) is 11.8. The average Bonchev–Trinajstić information content (AvgIpc) is 2.46. The second-order valence-corrected chi connectivity index (χ2v) is 4.67. The van der Waals surface area contributed by atoms with Gasteiger partial charge in [-0.25, -0.2) is 9.37 Å². The molecule has 20 heavy (non-hydrogen) atoms. The van der Waals surface area contributed by atoms with Crippen LogP contribution in [0.4, 0.5) is 10.2 Å². The number of halogens is 1. The average molecular weight is 274 g/mol. The summed E-state index contributed by atoms with van der Waals surface area (Å²) in [5.41, 5.74) is 1.92. The second kappa shape index (κ2) is 6.89. The maximum Gasteiger partial charge on any atom is 0.126 e. The molecule has 0 amide bonds. The minimum absolute atomic E-state index is 0.286. The first-order valence-corrected chi connectivity index (χ1v) is 6.77.